The first-order chi connectivity index (χ1) is 13.5. The fourth-order valence-corrected chi connectivity index (χ4v) is 2.53. The van der Waals surface area contributed by atoms with Gasteiger partial charge in [-0.2, -0.15) is 5.26 Å². The van der Waals surface area contributed by atoms with E-state index < -0.39 is 12.1 Å². The largest absolute Gasteiger partial charge is 0.479 e. The Kier molecular flexibility index (Phi) is 8.04. The minimum Gasteiger partial charge on any atom is -0.479 e. The van der Waals surface area contributed by atoms with E-state index in [2.05, 4.69) is 5.32 Å². The zero-order valence-corrected chi connectivity index (χ0v) is 16.1. The topological polar surface area (TPSA) is 88.4 Å². The van der Waals surface area contributed by atoms with E-state index in [9.17, 15) is 9.59 Å². The van der Waals surface area contributed by atoms with E-state index >= 15 is 0 Å². The van der Waals surface area contributed by atoms with Crippen molar-refractivity contribution in [3.8, 4) is 11.8 Å². The van der Waals surface area contributed by atoms with E-state index in [-0.39, 0.29) is 18.6 Å². The number of benzene rings is 2. The highest BCUT2D eigenvalue weighted by Crippen LogP contribution is 2.14. The lowest BCUT2D eigenvalue weighted by molar-refractivity contribution is -0.154. The van der Waals surface area contributed by atoms with Gasteiger partial charge >= 0.3 is 5.97 Å². The van der Waals surface area contributed by atoms with Gasteiger partial charge in [0.2, 0.25) is 0 Å². The second-order valence-electron chi connectivity index (χ2n) is 6.50. The first-order valence-electron chi connectivity index (χ1n) is 9.14. The van der Waals surface area contributed by atoms with Crippen molar-refractivity contribution in [1.29, 1.82) is 5.26 Å². The Balaban J connectivity index is 1.68. The first-order valence-corrected chi connectivity index (χ1v) is 9.14. The molecule has 0 heterocycles. The van der Waals surface area contributed by atoms with Crippen LogP contribution in [0.15, 0.2) is 54.6 Å². The summed E-state index contributed by atoms with van der Waals surface area (Å²) >= 11 is 0. The molecule has 0 aliphatic carbocycles. The number of rotatable bonds is 9. The maximum atomic E-state index is 12.0. The maximum absolute atomic E-state index is 12.0. The van der Waals surface area contributed by atoms with Gasteiger partial charge < -0.3 is 14.8 Å². The van der Waals surface area contributed by atoms with Crippen LogP contribution in [-0.4, -0.2) is 30.6 Å². The van der Waals surface area contributed by atoms with Crippen LogP contribution >= 0.6 is 0 Å². The molecule has 0 aromatic heterocycles. The zero-order valence-electron chi connectivity index (χ0n) is 16.1. The molecule has 28 heavy (non-hydrogen) atoms. The Labute approximate surface area is 165 Å². The van der Waals surface area contributed by atoms with E-state index in [0.29, 0.717) is 11.3 Å². The lowest BCUT2D eigenvalue weighted by Gasteiger charge is -2.16. The third-order valence-electron chi connectivity index (χ3n) is 4.09. The van der Waals surface area contributed by atoms with Gasteiger partial charge in [-0.25, -0.2) is 4.79 Å². The molecule has 2 atom stereocenters. The standard InChI is InChI=1S/C22H24N2O4/c1-16(8-9-18-6-4-3-5-7-18)24-21(25)15-27-22(26)17(2)28-20-12-10-19(14-23)11-13-20/h3-7,10-13,16-17H,8-9,15H2,1-2H3,(H,24,25)/t16-,17+/m1/s1. The lowest BCUT2D eigenvalue weighted by Crippen LogP contribution is -2.37. The van der Waals surface area contributed by atoms with Gasteiger partial charge in [0.15, 0.2) is 12.7 Å². The third-order valence-corrected chi connectivity index (χ3v) is 4.09. The molecule has 1 N–H and O–H groups in total. The number of ether oxygens (including phenoxy) is 2. The molecule has 6 nitrogen and oxygen atoms in total. The van der Waals surface area contributed by atoms with Crippen LogP contribution in [0.3, 0.4) is 0 Å². The van der Waals surface area contributed by atoms with Crippen molar-refractivity contribution in [3.05, 3.63) is 65.7 Å². The number of esters is 1. The van der Waals surface area contributed by atoms with Crippen LogP contribution in [0.25, 0.3) is 0 Å². The van der Waals surface area contributed by atoms with Crippen LogP contribution < -0.4 is 10.1 Å². The molecular weight excluding hydrogens is 356 g/mol. The molecule has 2 rings (SSSR count). The number of hydrogen-bond donors (Lipinski definition) is 1. The number of hydrogen-bond acceptors (Lipinski definition) is 5. The summed E-state index contributed by atoms with van der Waals surface area (Å²) in [5, 5.41) is 11.6. The molecule has 0 spiro atoms. The highest BCUT2D eigenvalue weighted by atomic mass is 16.6. The van der Waals surface area contributed by atoms with Crippen molar-refractivity contribution >= 4 is 11.9 Å². The number of nitriles is 1. The zero-order chi connectivity index (χ0) is 20.4. The molecule has 0 aliphatic rings. The van der Waals surface area contributed by atoms with Gasteiger partial charge in [-0.3, -0.25) is 4.79 Å². The molecule has 2 aromatic rings. The fourth-order valence-electron chi connectivity index (χ4n) is 2.53. The van der Waals surface area contributed by atoms with E-state index in [4.69, 9.17) is 14.7 Å². The molecule has 0 fully saturated rings. The number of amides is 1. The van der Waals surface area contributed by atoms with E-state index in [1.807, 2.05) is 43.3 Å². The van der Waals surface area contributed by atoms with Gasteiger partial charge in [-0.15, -0.1) is 0 Å². The summed E-state index contributed by atoms with van der Waals surface area (Å²) in [6.45, 7) is 3.11. The highest BCUT2D eigenvalue weighted by molar-refractivity contribution is 5.82. The SMILES string of the molecule is C[C@H](CCc1ccccc1)NC(=O)COC(=O)[C@H](C)Oc1ccc(C#N)cc1. The van der Waals surface area contributed by atoms with Crippen LogP contribution in [0.2, 0.25) is 0 Å². The highest BCUT2D eigenvalue weighted by Gasteiger charge is 2.18. The Morgan fingerprint density at radius 2 is 1.75 bits per heavy atom. The summed E-state index contributed by atoms with van der Waals surface area (Å²) in [5.41, 5.74) is 1.71. The van der Waals surface area contributed by atoms with Gasteiger partial charge in [-0.1, -0.05) is 30.3 Å². The van der Waals surface area contributed by atoms with Crippen molar-refractivity contribution in [2.24, 2.45) is 0 Å². The van der Waals surface area contributed by atoms with E-state index in [1.165, 1.54) is 5.56 Å². The normalized spacial score (nSPS) is 12.3. The molecular formula is C22H24N2O4. The Morgan fingerprint density at radius 3 is 2.39 bits per heavy atom. The van der Waals surface area contributed by atoms with Crippen molar-refractivity contribution in [2.45, 2.75) is 38.8 Å². The van der Waals surface area contributed by atoms with Crippen LogP contribution in [0.1, 0.15) is 31.4 Å². The molecule has 0 saturated carbocycles. The molecule has 0 unspecified atom stereocenters. The lowest BCUT2D eigenvalue weighted by atomic mass is 10.1. The van der Waals surface area contributed by atoms with Gasteiger partial charge in [-0.05, 0) is 56.5 Å². The molecule has 0 radical (unpaired) electrons. The Bertz CT molecular complexity index is 813. The van der Waals surface area contributed by atoms with Crippen LogP contribution in [-0.2, 0) is 20.7 Å². The average Bonchev–Trinajstić information content (AvgIpc) is 2.71. The smallest absolute Gasteiger partial charge is 0.347 e. The minimum atomic E-state index is -0.865. The van der Waals surface area contributed by atoms with Crippen LogP contribution in [0.4, 0.5) is 0 Å². The fraction of sp³-hybridized carbons (Fsp3) is 0.318. The van der Waals surface area contributed by atoms with Crippen LogP contribution in [0.5, 0.6) is 5.75 Å². The predicted octanol–water partition coefficient (Wildman–Crippen LogP) is 3.01. The van der Waals surface area contributed by atoms with Crippen molar-refractivity contribution in [1.82, 2.24) is 5.32 Å². The second-order valence-corrected chi connectivity index (χ2v) is 6.50. The summed E-state index contributed by atoms with van der Waals surface area (Å²) in [5.74, 6) is -0.529. The van der Waals surface area contributed by atoms with Crippen molar-refractivity contribution in [2.75, 3.05) is 6.61 Å². The number of nitrogens with one attached hydrogen (secondary N) is 1. The molecule has 0 bridgehead atoms. The van der Waals surface area contributed by atoms with Crippen LogP contribution in [0, 0.1) is 11.3 Å². The summed E-state index contributed by atoms with van der Waals surface area (Å²) < 4.78 is 10.5. The van der Waals surface area contributed by atoms with Gasteiger partial charge in [0.25, 0.3) is 5.91 Å². The number of nitrogens with zero attached hydrogens (tertiary/aromatic N) is 1. The molecule has 2 aromatic carbocycles. The van der Waals surface area contributed by atoms with E-state index in [0.717, 1.165) is 12.8 Å². The second kappa shape index (κ2) is 10.7. The summed E-state index contributed by atoms with van der Waals surface area (Å²) in [6, 6.07) is 18.4. The van der Waals surface area contributed by atoms with Gasteiger partial charge in [0.1, 0.15) is 5.75 Å². The quantitative estimate of drug-likeness (QED) is 0.676. The van der Waals surface area contributed by atoms with Gasteiger partial charge in [0.05, 0.1) is 11.6 Å². The molecule has 0 saturated heterocycles. The van der Waals surface area contributed by atoms with Gasteiger partial charge in [0, 0.05) is 6.04 Å². The summed E-state index contributed by atoms with van der Waals surface area (Å²) in [4.78, 5) is 24.0. The number of aryl methyl sites for hydroxylation is 1. The molecule has 0 aliphatic heterocycles. The van der Waals surface area contributed by atoms with E-state index in [1.54, 1.807) is 31.2 Å². The first kappa shape index (κ1) is 21.0. The molecule has 146 valence electrons. The Hall–Kier alpha value is -3.33. The maximum Gasteiger partial charge on any atom is 0.347 e. The molecule has 6 heteroatoms. The van der Waals surface area contributed by atoms with Crippen molar-refractivity contribution in [3.63, 3.8) is 0 Å². The third kappa shape index (κ3) is 7.12. The molecule has 1 amide bonds. The average molecular weight is 380 g/mol. The number of carbonyl (C=O) groups excluding carboxylic acids is 2. The summed E-state index contributed by atoms with van der Waals surface area (Å²) in [6.07, 6.45) is 0.788. The monoisotopic (exact) mass is 380 g/mol. The Morgan fingerprint density at radius 1 is 1.07 bits per heavy atom. The minimum absolute atomic E-state index is 0.0290. The predicted molar refractivity (Wildman–Crippen MR) is 105 cm³/mol. The van der Waals surface area contributed by atoms with Crippen molar-refractivity contribution < 1.29 is 19.1 Å². The summed E-state index contributed by atoms with van der Waals surface area (Å²) in [7, 11) is 0. The number of carbonyl (C=O) groups is 2.